The quantitative estimate of drug-likeness (QED) is 0.157. The molecule has 0 bridgehead atoms. The molecule has 3 heteroatoms. The third-order valence-electron chi connectivity index (χ3n) is 13.1. The average Bonchev–Trinajstić information content (AvgIpc) is 3.87. The third kappa shape index (κ3) is 5.66. The minimum absolute atomic E-state index is 0.141. The lowest BCUT2D eigenvalue weighted by atomic mass is 9.79. The first-order valence-corrected chi connectivity index (χ1v) is 21.4. The fraction of sp³-hybridized carbons (Fsp3) is 0.0508. The van der Waals surface area contributed by atoms with Crippen LogP contribution in [0.25, 0.3) is 105 Å². The molecule has 1 aromatic heterocycles. The standard InChI is InChI=1S/C59H41N3/c1-59(2)53-24-14-13-21-47(53)50-36-51-52(37-54(50)59)56(40-28-25-39(26-29-40)45-34-27-38-15-9-10-18-44(38)35-45)49-23-12-11-22-48(49)55(51)41-30-32-43(33-31-41)58-61-60-57(42-16-5-3-6-17-42)62(58)46-19-7-4-8-20-46/h3-37H,1-2H3. The summed E-state index contributed by atoms with van der Waals surface area (Å²) in [6.07, 6.45) is 0. The summed E-state index contributed by atoms with van der Waals surface area (Å²) in [6, 6.07) is 77.1. The van der Waals surface area contributed by atoms with Gasteiger partial charge in [0.1, 0.15) is 0 Å². The highest BCUT2D eigenvalue weighted by atomic mass is 15.3. The molecule has 0 atom stereocenters. The lowest BCUT2D eigenvalue weighted by Crippen LogP contribution is -2.14. The number of nitrogens with zero attached hydrogens (tertiary/aromatic N) is 3. The van der Waals surface area contributed by atoms with Crippen LogP contribution in [0, 0.1) is 0 Å². The van der Waals surface area contributed by atoms with Crippen molar-refractivity contribution in [2.45, 2.75) is 19.3 Å². The Morgan fingerprint density at radius 2 is 0.839 bits per heavy atom. The molecule has 0 aliphatic heterocycles. The van der Waals surface area contributed by atoms with Crippen molar-refractivity contribution in [1.82, 2.24) is 14.8 Å². The van der Waals surface area contributed by atoms with Crippen molar-refractivity contribution in [3.63, 3.8) is 0 Å². The van der Waals surface area contributed by atoms with Gasteiger partial charge in [-0.15, -0.1) is 10.2 Å². The predicted octanol–water partition coefficient (Wildman–Crippen LogP) is 15.4. The fourth-order valence-corrected chi connectivity index (χ4v) is 10.0. The molecule has 0 saturated carbocycles. The molecule has 0 spiro atoms. The molecule has 11 aromatic rings. The molecule has 1 heterocycles. The van der Waals surface area contributed by atoms with E-state index in [2.05, 4.69) is 206 Å². The van der Waals surface area contributed by atoms with E-state index < -0.39 is 0 Å². The van der Waals surface area contributed by atoms with Gasteiger partial charge in [0, 0.05) is 22.2 Å². The Morgan fingerprint density at radius 1 is 0.339 bits per heavy atom. The van der Waals surface area contributed by atoms with Gasteiger partial charge in [-0.1, -0.05) is 196 Å². The summed E-state index contributed by atoms with van der Waals surface area (Å²) in [7, 11) is 0. The first-order valence-electron chi connectivity index (χ1n) is 21.4. The topological polar surface area (TPSA) is 30.7 Å². The van der Waals surface area contributed by atoms with Crippen molar-refractivity contribution >= 4 is 32.3 Å². The second-order valence-electron chi connectivity index (χ2n) is 17.0. The Hall–Kier alpha value is -7.88. The van der Waals surface area contributed by atoms with E-state index in [1.54, 1.807) is 0 Å². The Bertz CT molecular complexity index is 3510. The first kappa shape index (κ1) is 36.0. The molecule has 12 rings (SSSR count). The van der Waals surface area contributed by atoms with Gasteiger partial charge in [-0.3, -0.25) is 4.57 Å². The van der Waals surface area contributed by atoms with E-state index in [0.29, 0.717) is 0 Å². The predicted molar refractivity (Wildman–Crippen MR) is 259 cm³/mol. The van der Waals surface area contributed by atoms with Gasteiger partial charge in [-0.05, 0) is 118 Å². The smallest absolute Gasteiger partial charge is 0.168 e. The summed E-state index contributed by atoms with van der Waals surface area (Å²) >= 11 is 0. The number of fused-ring (bicyclic) bond motifs is 6. The number of hydrogen-bond acceptors (Lipinski definition) is 2. The highest BCUT2D eigenvalue weighted by Gasteiger charge is 2.36. The van der Waals surface area contributed by atoms with Crippen LogP contribution in [-0.2, 0) is 5.41 Å². The number of hydrogen-bond donors (Lipinski definition) is 0. The number of para-hydroxylation sites is 1. The Morgan fingerprint density at radius 3 is 1.52 bits per heavy atom. The molecule has 0 radical (unpaired) electrons. The van der Waals surface area contributed by atoms with E-state index >= 15 is 0 Å². The van der Waals surface area contributed by atoms with Crippen molar-refractivity contribution in [3.05, 3.63) is 223 Å². The van der Waals surface area contributed by atoms with E-state index in [1.807, 2.05) is 24.3 Å². The van der Waals surface area contributed by atoms with Crippen LogP contribution >= 0.6 is 0 Å². The summed E-state index contributed by atoms with van der Waals surface area (Å²) in [5.41, 5.74) is 15.6. The van der Waals surface area contributed by atoms with Crippen LogP contribution in [0.4, 0.5) is 0 Å². The van der Waals surface area contributed by atoms with Crippen molar-refractivity contribution in [3.8, 4) is 73.0 Å². The van der Waals surface area contributed by atoms with Crippen LogP contribution < -0.4 is 0 Å². The molecule has 1 aliphatic rings. The summed E-state index contributed by atoms with van der Waals surface area (Å²) in [6.45, 7) is 4.75. The SMILES string of the molecule is CC1(C)c2ccccc2-c2cc3c(-c4ccc(-c5nnc(-c6ccccc6)n5-c5ccccc5)cc4)c4ccccc4c(-c4ccc(-c5ccc6ccccc6c5)cc4)c3cc21. The van der Waals surface area contributed by atoms with Crippen molar-refractivity contribution in [2.75, 3.05) is 0 Å². The Kier molecular flexibility index (Phi) is 8.20. The third-order valence-corrected chi connectivity index (χ3v) is 13.1. The normalized spacial score (nSPS) is 12.8. The molecule has 3 nitrogen and oxygen atoms in total. The molecule has 0 saturated heterocycles. The zero-order chi connectivity index (χ0) is 41.4. The van der Waals surface area contributed by atoms with Gasteiger partial charge in [0.2, 0.25) is 0 Å². The highest BCUT2D eigenvalue weighted by Crippen LogP contribution is 2.53. The number of aromatic nitrogens is 3. The number of benzene rings is 10. The molecular formula is C59H41N3. The van der Waals surface area contributed by atoms with E-state index in [4.69, 9.17) is 10.2 Å². The molecule has 0 fully saturated rings. The van der Waals surface area contributed by atoms with Crippen LogP contribution in [0.3, 0.4) is 0 Å². The summed E-state index contributed by atoms with van der Waals surface area (Å²) in [4.78, 5) is 0. The molecular weight excluding hydrogens is 751 g/mol. The van der Waals surface area contributed by atoms with E-state index in [1.165, 1.54) is 82.4 Å². The van der Waals surface area contributed by atoms with Gasteiger partial charge in [0.25, 0.3) is 0 Å². The van der Waals surface area contributed by atoms with Crippen molar-refractivity contribution in [1.29, 1.82) is 0 Å². The van der Waals surface area contributed by atoms with E-state index in [0.717, 1.165) is 34.0 Å². The molecule has 292 valence electrons. The van der Waals surface area contributed by atoms with Gasteiger partial charge >= 0.3 is 0 Å². The second kappa shape index (κ2) is 14.1. The monoisotopic (exact) mass is 791 g/mol. The van der Waals surface area contributed by atoms with Gasteiger partial charge in [-0.2, -0.15) is 0 Å². The van der Waals surface area contributed by atoms with Crippen LogP contribution in [-0.4, -0.2) is 14.8 Å². The maximum atomic E-state index is 4.81. The van der Waals surface area contributed by atoms with Gasteiger partial charge < -0.3 is 0 Å². The van der Waals surface area contributed by atoms with Crippen LogP contribution in [0.1, 0.15) is 25.0 Å². The molecule has 62 heavy (non-hydrogen) atoms. The second-order valence-corrected chi connectivity index (χ2v) is 17.0. The van der Waals surface area contributed by atoms with Crippen LogP contribution in [0.15, 0.2) is 212 Å². The van der Waals surface area contributed by atoms with Gasteiger partial charge in [0.15, 0.2) is 11.6 Å². The zero-order valence-electron chi connectivity index (χ0n) is 34.5. The zero-order valence-corrected chi connectivity index (χ0v) is 34.5. The highest BCUT2D eigenvalue weighted by molar-refractivity contribution is 6.22. The van der Waals surface area contributed by atoms with E-state index in [9.17, 15) is 0 Å². The van der Waals surface area contributed by atoms with Gasteiger partial charge in [0.05, 0.1) is 0 Å². The largest absolute Gasteiger partial charge is 0.275 e. The lowest BCUT2D eigenvalue weighted by Gasteiger charge is -2.24. The molecule has 0 N–H and O–H groups in total. The average molecular weight is 792 g/mol. The summed E-state index contributed by atoms with van der Waals surface area (Å²) in [5, 5.41) is 17.0. The lowest BCUT2D eigenvalue weighted by molar-refractivity contribution is 0.661. The Balaban J connectivity index is 1.06. The fourth-order valence-electron chi connectivity index (χ4n) is 10.0. The molecule has 0 amide bonds. The summed E-state index contributed by atoms with van der Waals surface area (Å²) < 4.78 is 2.16. The molecule has 10 aromatic carbocycles. The minimum Gasteiger partial charge on any atom is -0.275 e. The first-order chi connectivity index (χ1) is 30.5. The maximum absolute atomic E-state index is 4.81. The number of rotatable bonds is 6. The van der Waals surface area contributed by atoms with Crippen LogP contribution in [0.5, 0.6) is 0 Å². The van der Waals surface area contributed by atoms with Crippen molar-refractivity contribution < 1.29 is 0 Å². The molecule has 0 unspecified atom stereocenters. The van der Waals surface area contributed by atoms with Crippen molar-refractivity contribution in [2.24, 2.45) is 0 Å². The Labute approximate surface area is 361 Å². The van der Waals surface area contributed by atoms with Crippen LogP contribution in [0.2, 0.25) is 0 Å². The summed E-state index contributed by atoms with van der Waals surface area (Å²) in [5.74, 6) is 1.61. The minimum atomic E-state index is -0.141. The molecule has 1 aliphatic carbocycles. The van der Waals surface area contributed by atoms with E-state index in [-0.39, 0.29) is 5.41 Å². The maximum Gasteiger partial charge on any atom is 0.168 e. The van der Waals surface area contributed by atoms with Gasteiger partial charge in [-0.25, -0.2) is 0 Å².